The second-order valence-electron chi connectivity index (χ2n) is 5.44. The number of benzene rings is 2. The highest BCUT2D eigenvalue weighted by Gasteiger charge is 2.00. The third-order valence-corrected chi connectivity index (χ3v) is 3.54. The Morgan fingerprint density at radius 1 is 0.917 bits per heavy atom. The van der Waals surface area contributed by atoms with Gasteiger partial charge in [-0.15, -0.1) is 0 Å². The molecule has 2 aromatic rings. The molecular formula is C19H24N2O3. The second-order valence-corrected chi connectivity index (χ2v) is 5.44. The zero-order chi connectivity index (χ0) is 17.2. The highest BCUT2D eigenvalue weighted by Crippen LogP contribution is 2.11. The molecule has 0 bridgehead atoms. The Morgan fingerprint density at radius 2 is 1.54 bits per heavy atom. The van der Waals surface area contributed by atoms with E-state index >= 15 is 0 Å². The van der Waals surface area contributed by atoms with Crippen LogP contribution < -0.4 is 20.1 Å². The SMILES string of the molecule is COc1ccc(CCNC(=O)NCCOc2ccc(C)cc2)cc1. The third kappa shape index (κ3) is 6.20. The Bertz CT molecular complexity index is 624. The molecule has 0 aromatic heterocycles. The number of nitrogens with one attached hydrogen (secondary N) is 2. The maximum Gasteiger partial charge on any atom is 0.314 e. The van der Waals surface area contributed by atoms with Crippen molar-refractivity contribution in [2.45, 2.75) is 13.3 Å². The number of aryl methyl sites for hydroxylation is 1. The van der Waals surface area contributed by atoms with Crippen LogP contribution in [0.1, 0.15) is 11.1 Å². The van der Waals surface area contributed by atoms with E-state index < -0.39 is 0 Å². The van der Waals surface area contributed by atoms with Crippen LogP contribution in [0.5, 0.6) is 11.5 Å². The molecule has 0 spiro atoms. The minimum Gasteiger partial charge on any atom is -0.497 e. The molecule has 2 aromatic carbocycles. The van der Waals surface area contributed by atoms with Crippen molar-refractivity contribution >= 4 is 6.03 Å². The summed E-state index contributed by atoms with van der Waals surface area (Å²) in [5, 5.41) is 5.60. The Morgan fingerprint density at radius 3 is 2.21 bits per heavy atom. The number of amides is 2. The van der Waals surface area contributed by atoms with E-state index in [9.17, 15) is 4.79 Å². The number of urea groups is 1. The average molecular weight is 328 g/mol. The third-order valence-electron chi connectivity index (χ3n) is 3.54. The molecule has 0 atom stereocenters. The molecule has 5 nitrogen and oxygen atoms in total. The van der Waals surface area contributed by atoms with Crippen molar-refractivity contribution in [3.63, 3.8) is 0 Å². The highest BCUT2D eigenvalue weighted by molar-refractivity contribution is 5.73. The van der Waals surface area contributed by atoms with Crippen molar-refractivity contribution in [2.24, 2.45) is 0 Å². The van der Waals surface area contributed by atoms with Gasteiger partial charge < -0.3 is 20.1 Å². The molecule has 128 valence electrons. The summed E-state index contributed by atoms with van der Waals surface area (Å²) in [4.78, 5) is 11.7. The number of methoxy groups -OCH3 is 1. The van der Waals surface area contributed by atoms with Crippen LogP contribution >= 0.6 is 0 Å². The van der Waals surface area contributed by atoms with Crippen molar-refractivity contribution in [2.75, 3.05) is 26.8 Å². The van der Waals surface area contributed by atoms with E-state index in [2.05, 4.69) is 10.6 Å². The van der Waals surface area contributed by atoms with Crippen molar-refractivity contribution < 1.29 is 14.3 Å². The van der Waals surface area contributed by atoms with Crippen LogP contribution in [-0.2, 0) is 6.42 Å². The molecule has 0 radical (unpaired) electrons. The minimum atomic E-state index is -0.184. The van der Waals surface area contributed by atoms with Crippen LogP contribution in [0.4, 0.5) is 4.79 Å². The summed E-state index contributed by atoms with van der Waals surface area (Å²) in [5.41, 5.74) is 2.34. The van der Waals surface area contributed by atoms with Gasteiger partial charge in [-0.2, -0.15) is 0 Å². The predicted molar refractivity (Wildman–Crippen MR) is 94.8 cm³/mol. The Kier molecular flexibility index (Phi) is 6.95. The fourth-order valence-electron chi connectivity index (χ4n) is 2.14. The van der Waals surface area contributed by atoms with Crippen LogP contribution in [0.3, 0.4) is 0 Å². The Labute approximate surface area is 143 Å². The Hall–Kier alpha value is -2.69. The van der Waals surface area contributed by atoms with Crippen molar-refractivity contribution in [1.29, 1.82) is 0 Å². The summed E-state index contributed by atoms with van der Waals surface area (Å²) in [5.74, 6) is 1.64. The van der Waals surface area contributed by atoms with Gasteiger partial charge in [-0.3, -0.25) is 0 Å². The number of rotatable bonds is 8. The monoisotopic (exact) mass is 328 g/mol. The van der Waals surface area contributed by atoms with E-state index in [0.29, 0.717) is 19.7 Å². The van der Waals surface area contributed by atoms with Gasteiger partial charge in [-0.05, 0) is 43.2 Å². The van der Waals surface area contributed by atoms with E-state index in [1.165, 1.54) is 5.56 Å². The summed E-state index contributed by atoms with van der Waals surface area (Å²) in [7, 11) is 1.64. The van der Waals surface area contributed by atoms with Crippen LogP contribution in [0.25, 0.3) is 0 Å². The summed E-state index contributed by atoms with van der Waals surface area (Å²) in [6, 6.07) is 15.5. The minimum absolute atomic E-state index is 0.184. The largest absolute Gasteiger partial charge is 0.497 e. The van der Waals surface area contributed by atoms with Gasteiger partial charge in [0.1, 0.15) is 18.1 Å². The van der Waals surface area contributed by atoms with Gasteiger partial charge in [0.25, 0.3) is 0 Å². The summed E-state index contributed by atoms with van der Waals surface area (Å²) in [6.07, 6.45) is 0.775. The highest BCUT2D eigenvalue weighted by atomic mass is 16.5. The van der Waals surface area contributed by atoms with Gasteiger partial charge in [0.2, 0.25) is 0 Å². The van der Waals surface area contributed by atoms with Gasteiger partial charge in [0.05, 0.1) is 13.7 Å². The molecule has 0 fully saturated rings. The van der Waals surface area contributed by atoms with Gasteiger partial charge in [0, 0.05) is 6.54 Å². The first kappa shape index (κ1) is 17.7. The molecule has 5 heteroatoms. The lowest BCUT2D eigenvalue weighted by Gasteiger charge is -2.09. The first-order chi connectivity index (χ1) is 11.7. The smallest absolute Gasteiger partial charge is 0.314 e. The molecule has 2 rings (SSSR count). The van der Waals surface area contributed by atoms with Crippen LogP contribution in [0.2, 0.25) is 0 Å². The molecule has 2 amide bonds. The molecular weight excluding hydrogens is 304 g/mol. The fraction of sp³-hybridized carbons (Fsp3) is 0.316. The molecule has 2 N–H and O–H groups in total. The molecule has 0 heterocycles. The predicted octanol–water partition coefficient (Wildman–Crippen LogP) is 2.92. The fourth-order valence-corrected chi connectivity index (χ4v) is 2.14. The molecule has 24 heavy (non-hydrogen) atoms. The number of carbonyl (C=O) groups is 1. The number of carbonyl (C=O) groups excluding carboxylic acids is 1. The van der Waals surface area contributed by atoms with Crippen molar-refractivity contribution in [3.8, 4) is 11.5 Å². The Balaban J connectivity index is 1.56. The summed E-state index contributed by atoms with van der Waals surface area (Å²) >= 11 is 0. The van der Waals surface area contributed by atoms with Gasteiger partial charge >= 0.3 is 6.03 Å². The lowest BCUT2D eigenvalue weighted by molar-refractivity contribution is 0.236. The molecule has 0 saturated heterocycles. The summed E-state index contributed by atoms with van der Waals surface area (Å²) in [6.45, 7) is 3.51. The zero-order valence-electron chi connectivity index (χ0n) is 14.2. The molecule has 0 aliphatic heterocycles. The van der Waals surface area contributed by atoms with Crippen LogP contribution in [0.15, 0.2) is 48.5 Å². The molecule has 0 unspecified atom stereocenters. The second kappa shape index (κ2) is 9.45. The molecule has 0 aliphatic rings. The average Bonchev–Trinajstić information content (AvgIpc) is 2.61. The van der Waals surface area contributed by atoms with Gasteiger partial charge in [-0.25, -0.2) is 4.79 Å². The topological polar surface area (TPSA) is 59.6 Å². The quantitative estimate of drug-likeness (QED) is 0.733. The van der Waals surface area contributed by atoms with Crippen LogP contribution in [0, 0.1) is 6.92 Å². The lowest BCUT2D eigenvalue weighted by atomic mass is 10.1. The van der Waals surface area contributed by atoms with E-state index in [-0.39, 0.29) is 6.03 Å². The lowest BCUT2D eigenvalue weighted by Crippen LogP contribution is -2.38. The van der Waals surface area contributed by atoms with E-state index in [1.807, 2.05) is 55.5 Å². The molecule has 0 aliphatic carbocycles. The van der Waals surface area contributed by atoms with Crippen molar-refractivity contribution in [1.82, 2.24) is 10.6 Å². The number of hydrogen-bond acceptors (Lipinski definition) is 3. The van der Waals surface area contributed by atoms with E-state index in [1.54, 1.807) is 7.11 Å². The number of hydrogen-bond donors (Lipinski definition) is 2. The van der Waals surface area contributed by atoms with E-state index in [4.69, 9.17) is 9.47 Å². The zero-order valence-corrected chi connectivity index (χ0v) is 14.2. The first-order valence-corrected chi connectivity index (χ1v) is 8.01. The number of ether oxygens (including phenoxy) is 2. The first-order valence-electron chi connectivity index (χ1n) is 8.01. The maximum atomic E-state index is 11.7. The van der Waals surface area contributed by atoms with Gasteiger partial charge in [-0.1, -0.05) is 29.8 Å². The van der Waals surface area contributed by atoms with Crippen molar-refractivity contribution in [3.05, 3.63) is 59.7 Å². The molecule has 0 saturated carbocycles. The summed E-state index contributed by atoms with van der Waals surface area (Å²) < 4.78 is 10.7. The maximum absolute atomic E-state index is 11.7. The van der Waals surface area contributed by atoms with E-state index in [0.717, 1.165) is 23.5 Å². The normalized spacial score (nSPS) is 10.1. The van der Waals surface area contributed by atoms with Gasteiger partial charge in [0.15, 0.2) is 0 Å². The van der Waals surface area contributed by atoms with Crippen LogP contribution in [-0.4, -0.2) is 32.8 Å². The standard InChI is InChI=1S/C19H24N2O3/c1-15-3-7-18(8-4-15)24-14-13-21-19(22)20-12-11-16-5-9-17(23-2)10-6-16/h3-10H,11-14H2,1-2H3,(H2,20,21,22).